The van der Waals surface area contributed by atoms with Crippen LogP contribution in [0, 0.1) is 21.4 Å². The fourth-order valence-electron chi connectivity index (χ4n) is 4.57. The molecule has 1 aliphatic carbocycles. The summed E-state index contributed by atoms with van der Waals surface area (Å²) in [6.07, 6.45) is 1.39. The Kier molecular flexibility index (Phi) is 6.56. The second-order valence-corrected chi connectivity index (χ2v) is 10.1. The van der Waals surface area contributed by atoms with Crippen LogP contribution in [0.25, 0.3) is 10.9 Å². The van der Waals surface area contributed by atoms with E-state index in [0.717, 1.165) is 36.0 Å². The molecule has 0 aliphatic heterocycles. The predicted molar refractivity (Wildman–Crippen MR) is 133 cm³/mol. The largest absolute Gasteiger partial charge is 0.449 e. The van der Waals surface area contributed by atoms with E-state index in [2.05, 4.69) is 26.1 Å². The Morgan fingerprint density at radius 3 is 2.63 bits per heavy atom. The average molecular weight is 476 g/mol. The molecule has 0 fully saturated rings. The van der Waals surface area contributed by atoms with Crippen molar-refractivity contribution in [1.82, 2.24) is 4.98 Å². The number of anilines is 1. The van der Waals surface area contributed by atoms with E-state index in [1.165, 1.54) is 25.1 Å². The zero-order valence-electron chi connectivity index (χ0n) is 20.3. The molecule has 1 aliphatic rings. The van der Waals surface area contributed by atoms with Gasteiger partial charge >= 0.3 is 5.97 Å². The third kappa shape index (κ3) is 5.16. The molecule has 182 valence electrons. The van der Waals surface area contributed by atoms with E-state index in [1.54, 1.807) is 6.07 Å². The normalized spacial score (nSPS) is 16.3. The summed E-state index contributed by atoms with van der Waals surface area (Å²) in [6, 6.07) is 13.1. The highest BCUT2D eigenvalue weighted by atomic mass is 16.6. The van der Waals surface area contributed by atoms with Gasteiger partial charge in [0.25, 0.3) is 11.6 Å². The average Bonchev–Trinajstić information content (AvgIpc) is 2.81. The minimum atomic E-state index is -1.11. The number of nitro groups is 1. The smallest absolute Gasteiger partial charge is 0.339 e. The molecule has 1 heterocycles. The number of fused-ring (bicyclic) bond motifs is 2. The number of carbonyl (C=O) groups is 2. The van der Waals surface area contributed by atoms with Crippen molar-refractivity contribution in [2.45, 2.75) is 53.1 Å². The third-order valence-electron chi connectivity index (χ3n) is 6.67. The first-order chi connectivity index (χ1) is 16.5. The van der Waals surface area contributed by atoms with E-state index in [-0.39, 0.29) is 16.8 Å². The maximum absolute atomic E-state index is 13.5. The molecule has 8 nitrogen and oxygen atoms in total. The highest BCUT2D eigenvalue weighted by molar-refractivity contribution is 6.06. The number of ether oxygens (including phenoxy) is 1. The zero-order chi connectivity index (χ0) is 25.3. The van der Waals surface area contributed by atoms with Gasteiger partial charge in [-0.15, -0.1) is 0 Å². The lowest BCUT2D eigenvalue weighted by molar-refractivity contribution is -0.384. The number of nitrogens with zero attached hydrogens (tertiary/aromatic N) is 2. The molecular weight excluding hydrogens is 446 g/mol. The van der Waals surface area contributed by atoms with Crippen LogP contribution in [0.1, 0.15) is 55.7 Å². The van der Waals surface area contributed by atoms with Gasteiger partial charge in [-0.2, -0.15) is 0 Å². The molecule has 0 spiro atoms. The summed E-state index contributed by atoms with van der Waals surface area (Å²) in [5.74, 6) is -0.756. The van der Waals surface area contributed by atoms with Crippen molar-refractivity contribution >= 4 is 34.2 Å². The maximum atomic E-state index is 13.5. The van der Waals surface area contributed by atoms with Gasteiger partial charge in [-0.1, -0.05) is 45.0 Å². The number of hydrogen-bond donors (Lipinski definition) is 1. The van der Waals surface area contributed by atoms with Crippen molar-refractivity contribution in [3.8, 4) is 0 Å². The van der Waals surface area contributed by atoms with Crippen molar-refractivity contribution in [3.63, 3.8) is 0 Å². The van der Waals surface area contributed by atoms with Gasteiger partial charge in [-0.05, 0) is 55.2 Å². The number of aromatic nitrogens is 1. The number of hydrogen-bond acceptors (Lipinski definition) is 6. The van der Waals surface area contributed by atoms with E-state index in [0.29, 0.717) is 16.9 Å². The number of nitrogens with one attached hydrogen (secondary N) is 1. The molecule has 0 saturated heterocycles. The number of esters is 1. The molecule has 0 radical (unpaired) electrons. The van der Waals surface area contributed by atoms with Gasteiger partial charge in [0.2, 0.25) is 0 Å². The second-order valence-electron chi connectivity index (χ2n) is 10.1. The van der Waals surface area contributed by atoms with Gasteiger partial charge in [0, 0.05) is 28.9 Å². The van der Waals surface area contributed by atoms with Crippen LogP contribution in [0.2, 0.25) is 0 Å². The maximum Gasteiger partial charge on any atom is 0.339 e. The van der Waals surface area contributed by atoms with Gasteiger partial charge in [-0.3, -0.25) is 19.9 Å². The number of para-hydroxylation sites is 1. The van der Waals surface area contributed by atoms with Crippen LogP contribution in [0.3, 0.4) is 0 Å². The molecule has 1 amide bonds. The summed E-state index contributed by atoms with van der Waals surface area (Å²) < 4.78 is 5.63. The highest BCUT2D eigenvalue weighted by Gasteiger charge is 2.33. The van der Waals surface area contributed by atoms with E-state index < -0.39 is 22.9 Å². The molecule has 3 aromatic rings. The number of pyridine rings is 1. The minimum absolute atomic E-state index is 0.0793. The molecule has 35 heavy (non-hydrogen) atoms. The molecule has 0 bridgehead atoms. The lowest BCUT2D eigenvalue weighted by Crippen LogP contribution is -2.32. The number of aryl methyl sites for hydroxylation is 1. The molecular formula is C27H29N3O5. The van der Waals surface area contributed by atoms with Gasteiger partial charge < -0.3 is 10.1 Å². The Morgan fingerprint density at radius 2 is 1.91 bits per heavy atom. The Bertz CT molecular complexity index is 1310. The number of amides is 1. The number of non-ortho nitro benzene ring substituents is 1. The summed E-state index contributed by atoms with van der Waals surface area (Å²) in [4.78, 5) is 41.5. The molecule has 2 aromatic carbocycles. The topological polar surface area (TPSA) is 111 Å². The molecule has 2 atom stereocenters. The summed E-state index contributed by atoms with van der Waals surface area (Å²) in [5.41, 5.74) is 3.19. The van der Waals surface area contributed by atoms with Crippen molar-refractivity contribution in [2.75, 3.05) is 5.32 Å². The Balaban J connectivity index is 1.61. The summed E-state index contributed by atoms with van der Waals surface area (Å²) in [6.45, 7) is 8.10. The van der Waals surface area contributed by atoms with Crippen LogP contribution in [0.5, 0.6) is 0 Å². The lowest BCUT2D eigenvalue weighted by Gasteiger charge is -2.35. The van der Waals surface area contributed by atoms with E-state index in [4.69, 9.17) is 9.72 Å². The molecule has 0 saturated carbocycles. The standard InChI is InChI=1S/C27H29N3O5/c1-16(25(31)28-18-8-7-9-19(15-18)30(33)34)35-26(32)24-20-10-5-6-11-22(20)29-23-13-12-17(14-21(23)24)27(2,3)4/h5-11,15-17H,12-14H2,1-4H3,(H,28,31)/t16-,17-/m0/s1. The SMILES string of the molecule is C[C@H](OC(=O)c1c2c(nc3ccccc13)CC[C@H](C(C)(C)C)C2)C(=O)Nc1cccc([N+](=O)[O-])c1. The first-order valence-electron chi connectivity index (χ1n) is 11.7. The first kappa shape index (κ1) is 24.3. The van der Waals surface area contributed by atoms with Crippen LogP contribution in [-0.2, 0) is 22.4 Å². The first-order valence-corrected chi connectivity index (χ1v) is 11.7. The van der Waals surface area contributed by atoms with Crippen molar-refractivity contribution in [1.29, 1.82) is 0 Å². The van der Waals surface area contributed by atoms with Crippen LogP contribution >= 0.6 is 0 Å². The van der Waals surface area contributed by atoms with E-state index in [9.17, 15) is 19.7 Å². The second kappa shape index (κ2) is 9.44. The van der Waals surface area contributed by atoms with Crippen LogP contribution in [-0.4, -0.2) is 27.9 Å². The van der Waals surface area contributed by atoms with Gasteiger partial charge in [0.05, 0.1) is 16.0 Å². The highest BCUT2D eigenvalue weighted by Crippen LogP contribution is 2.39. The Labute approximate surface area is 203 Å². The van der Waals surface area contributed by atoms with Gasteiger partial charge in [0.1, 0.15) is 0 Å². The van der Waals surface area contributed by atoms with Crippen molar-refractivity contribution in [3.05, 3.63) is 75.5 Å². The third-order valence-corrected chi connectivity index (χ3v) is 6.67. The van der Waals surface area contributed by atoms with Crippen molar-refractivity contribution in [2.24, 2.45) is 11.3 Å². The van der Waals surface area contributed by atoms with Crippen LogP contribution < -0.4 is 5.32 Å². The van der Waals surface area contributed by atoms with Crippen molar-refractivity contribution < 1.29 is 19.2 Å². The Morgan fingerprint density at radius 1 is 1.17 bits per heavy atom. The quantitative estimate of drug-likeness (QED) is 0.297. The molecule has 8 heteroatoms. The van der Waals surface area contributed by atoms with Crippen LogP contribution in [0.4, 0.5) is 11.4 Å². The molecule has 4 rings (SSSR count). The summed E-state index contributed by atoms with van der Waals surface area (Å²) in [5, 5.41) is 14.3. The summed E-state index contributed by atoms with van der Waals surface area (Å²) >= 11 is 0. The van der Waals surface area contributed by atoms with E-state index >= 15 is 0 Å². The van der Waals surface area contributed by atoms with Gasteiger partial charge in [-0.25, -0.2) is 4.79 Å². The lowest BCUT2D eigenvalue weighted by atomic mass is 9.70. The minimum Gasteiger partial charge on any atom is -0.449 e. The van der Waals surface area contributed by atoms with Gasteiger partial charge in [0.15, 0.2) is 6.10 Å². The number of carbonyl (C=O) groups excluding carboxylic acids is 2. The summed E-state index contributed by atoms with van der Waals surface area (Å²) in [7, 11) is 0. The molecule has 1 N–H and O–H groups in total. The number of nitro benzene ring substituents is 1. The molecule has 1 aromatic heterocycles. The predicted octanol–water partition coefficient (Wildman–Crippen LogP) is 5.48. The zero-order valence-corrected chi connectivity index (χ0v) is 20.3. The van der Waals surface area contributed by atoms with E-state index in [1.807, 2.05) is 24.3 Å². The van der Waals surface area contributed by atoms with Crippen LogP contribution in [0.15, 0.2) is 48.5 Å². The number of benzene rings is 2. The Hall–Kier alpha value is -3.81. The number of rotatable bonds is 5. The fraction of sp³-hybridized carbons (Fsp3) is 0.370. The monoisotopic (exact) mass is 475 g/mol. The fourth-order valence-corrected chi connectivity index (χ4v) is 4.57. The molecule has 0 unspecified atom stereocenters.